The molecular formula is C53H40N2. The molecule has 2 heteroatoms. The molecule has 0 saturated heterocycles. The molecular weight excluding hydrogens is 665 g/mol. The number of hydrogen-bond acceptors (Lipinski definition) is 1. The molecule has 10 rings (SSSR count). The van der Waals surface area contributed by atoms with Crippen molar-refractivity contribution in [3.8, 4) is 50.3 Å². The van der Waals surface area contributed by atoms with Crippen LogP contribution in [0.15, 0.2) is 206 Å². The molecule has 1 aliphatic carbocycles. The fraction of sp³-hybridized carbons (Fsp3) is 0.0566. The van der Waals surface area contributed by atoms with Gasteiger partial charge in [0.25, 0.3) is 0 Å². The SMILES string of the molecule is CC1(C)c2cc(N(c3ccc(-c4ccccc4)cc3)c3ccc(-c4ccccc4)cc3)ccc2-c2ccc(-n3c(-c4ccccc4)cc4ccccc43)cc21. The van der Waals surface area contributed by atoms with Crippen LogP contribution in [0.4, 0.5) is 17.1 Å². The fourth-order valence-electron chi connectivity index (χ4n) is 8.56. The van der Waals surface area contributed by atoms with Crippen LogP contribution >= 0.6 is 0 Å². The van der Waals surface area contributed by atoms with Crippen LogP contribution in [0.1, 0.15) is 25.0 Å². The lowest BCUT2D eigenvalue weighted by atomic mass is 9.82. The van der Waals surface area contributed by atoms with Gasteiger partial charge in [-0.3, -0.25) is 0 Å². The summed E-state index contributed by atoms with van der Waals surface area (Å²) in [5, 5.41) is 1.24. The number of benzene rings is 8. The molecule has 0 bridgehead atoms. The molecule has 2 nitrogen and oxygen atoms in total. The average Bonchev–Trinajstić information content (AvgIpc) is 3.74. The minimum absolute atomic E-state index is 0.216. The van der Waals surface area contributed by atoms with Gasteiger partial charge in [0.05, 0.1) is 11.2 Å². The lowest BCUT2D eigenvalue weighted by Gasteiger charge is -2.28. The summed E-state index contributed by atoms with van der Waals surface area (Å²) in [4.78, 5) is 2.40. The Morgan fingerprint density at radius 1 is 0.382 bits per heavy atom. The Kier molecular flexibility index (Phi) is 7.85. The van der Waals surface area contributed by atoms with Crippen molar-refractivity contribution in [1.82, 2.24) is 4.57 Å². The first-order valence-electron chi connectivity index (χ1n) is 19.1. The minimum atomic E-state index is -0.216. The topological polar surface area (TPSA) is 8.17 Å². The summed E-state index contributed by atoms with van der Waals surface area (Å²) >= 11 is 0. The largest absolute Gasteiger partial charge is 0.310 e. The lowest BCUT2D eigenvalue weighted by molar-refractivity contribution is 0.660. The summed E-state index contributed by atoms with van der Waals surface area (Å²) in [6, 6.07) is 75.0. The Bertz CT molecular complexity index is 2710. The van der Waals surface area contributed by atoms with Crippen LogP contribution in [-0.2, 0) is 5.41 Å². The first-order valence-corrected chi connectivity index (χ1v) is 19.1. The molecule has 1 heterocycles. The third kappa shape index (κ3) is 5.66. The summed E-state index contributed by atoms with van der Waals surface area (Å²) in [5.74, 6) is 0. The predicted molar refractivity (Wildman–Crippen MR) is 232 cm³/mol. The van der Waals surface area contributed by atoms with Gasteiger partial charge in [-0.05, 0) is 111 Å². The molecule has 0 atom stereocenters. The Morgan fingerprint density at radius 3 is 1.42 bits per heavy atom. The Hall–Kier alpha value is -6.90. The highest BCUT2D eigenvalue weighted by Crippen LogP contribution is 2.51. The molecule has 0 unspecified atom stereocenters. The molecule has 1 aromatic heterocycles. The van der Waals surface area contributed by atoms with Crippen molar-refractivity contribution in [3.63, 3.8) is 0 Å². The zero-order valence-electron chi connectivity index (χ0n) is 31.0. The number of rotatable bonds is 7. The van der Waals surface area contributed by atoms with Gasteiger partial charge in [0.1, 0.15) is 0 Å². The van der Waals surface area contributed by atoms with E-state index in [0.717, 1.165) is 17.1 Å². The maximum atomic E-state index is 2.43. The Labute approximate surface area is 323 Å². The second-order valence-corrected chi connectivity index (χ2v) is 15.0. The van der Waals surface area contributed by atoms with Crippen LogP contribution in [0, 0.1) is 0 Å². The maximum Gasteiger partial charge on any atom is 0.0540 e. The number of aromatic nitrogens is 1. The number of hydrogen-bond donors (Lipinski definition) is 0. The van der Waals surface area contributed by atoms with E-state index in [4.69, 9.17) is 0 Å². The zero-order chi connectivity index (χ0) is 36.9. The monoisotopic (exact) mass is 704 g/mol. The molecule has 0 spiro atoms. The smallest absolute Gasteiger partial charge is 0.0540 e. The van der Waals surface area contributed by atoms with Crippen LogP contribution in [0.2, 0.25) is 0 Å². The highest BCUT2D eigenvalue weighted by atomic mass is 15.1. The Morgan fingerprint density at radius 2 is 0.836 bits per heavy atom. The van der Waals surface area contributed by atoms with Crippen molar-refractivity contribution in [2.45, 2.75) is 19.3 Å². The third-order valence-corrected chi connectivity index (χ3v) is 11.4. The molecule has 1 aliphatic rings. The van der Waals surface area contributed by atoms with Gasteiger partial charge in [-0.1, -0.05) is 159 Å². The van der Waals surface area contributed by atoms with E-state index in [-0.39, 0.29) is 5.41 Å². The summed E-state index contributed by atoms with van der Waals surface area (Å²) in [6.07, 6.45) is 0. The van der Waals surface area contributed by atoms with E-state index < -0.39 is 0 Å². The van der Waals surface area contributed by atoms with Gasteiger partial charge in [-0.15, -0.1) is 0 Å². The molecule has 0 fully saturated rings. The van der Waals surface area contributed by atoms with Crippen molar-refractivity contribution in [1.29, 1.82) is 0 Å². The fourth-order valence-corrected chi connectivity index (χ4v) is 8.56. The average molecular weight is 705 g/mol. The first-order chi connectivity index (χ1) is 27.0. The number of para-hydroxylation sites is 1. The lowest BCUT2D eigenvalue weighted by Crippen LogP contribution is -2.17. The highest BCUT2D eigenvalue weighted by Gasteiger charge is 2.36. The minimum Gasteiger partial charge on any atom is -0.310 e. The zero-order valence-corrected chi connectivity index (χ0v) is 31.0. The number of nitrogens with zero attached hydrogens (tertiary/aromatic N) is 2. The van der Waals surface area contributed by atoms with Crippen LogP contribution in [0.25, 0.3) is 61.2 Å². The van der Waals surface area contributed by atoms with E-state index in [0.29, 0.717) is 0 Å². The molecule has 0 N–H and O–H groups in total. The third-order valence-electron chi connectivity index (χ3n) is 11.4. The Balaban J connectivity index is 1.07. The van der Waals surface area contributed by atoms with Crippen LogP contribution < -0.4 is 4.90 Å². The summed E-state index contributed by atoms with van der Waals surface area (Å²) in [5.41, 5.74) is 18.1. The van der Waals surface area contributed by atoms with E-state index in [1.54, 1.807) is 0 Å². The van der Waals surface area contributed by atoms with Crippen molar-refractivity contribution >= 4 is 28.0 Å². The molecule has 9 aromatic rings. The predicted octanol–water partition coefficient (Wildman–Crippen LogP) is 14.4. The van der Waals surface area contributed by atoms with Crippen molar-refractivity contribution in [2.24, 2.45) is 0 Å². The molecule has 55 heavy (non-hydrogen) atoms. The molecule has 262 valence electrons. The van der Waals surface area contributed by atoms with Gasteiger partial charge >= 0.3 is 0 Å². The van der Waals surface area contributed by atoms with Gasteiger partial charge < -0.3 is 9.47 Å². The second kappa shape index (κ2) is 13.2. The number of fused-ring (bicyclic) bond motifs is 4. The van der Waals surface area contributed by atoms with Gasteiger partial charge in [-0.2, -0.15) is 0 Å². The van der Waals surface area contributed by atoms with Crippen molar-refractivity contribution < 1.29 is 0 Å². The standard InChI is InChI=1S/C53H40N2/c1-53(2)49-35-45(54(43-26-22-39(23-27-43)37-14-6-3-7-15-37)44-28-24-40(25-29-44)38-16-8-4-9-17-38)30-32-47(49)48-33-31-46(36-50(48)53)55-51-21-13-12-20-42(51)34-52(55)41-18-10-5-11-19-41/h3-36H,1-2H3. The van der Waals surface area contributed by atoms with E-state index in [2.05, 4.69) is 230 Å². The van der Waals surface area contributed by atoms with Crippen LogP contribution in [-0.4, -0.2) is 4.57 Å². The quantitative estimate of drug-likeness (QED) is 0.160. The first kappa shape index (κ1) is 32.7. The molecule has 0 saturated carbocycles. The van der Waals surface area contributed by atoms with Crippen LogP contribution in [0.3, 0.4) is 0 Å². The van der Waals surface area contributed by atoms with Crippen LogP contribution in [0.5, 0.6) is 0 Å². The molecule has 0 amide bonds. The molecule has 8 aromatic carbocycles. The van der Waals surface area contributed by atoms with Gasteiger partial charge in [0.2, 0.25) is 0 Å². The van der Waals surface area contributed by atoms with E-state index in [9.17, 15) is 0 Å². The van der Waals surface area contributed by atoms with Crippen molar-refractivity contribution in [2.75, 3.05) is 4.90 Å². The normalized spacial score (nSPS) is 12.7. The van der Waals surface area contributed by atoms with E-state index in [1.807, 2.05) is 0 Å². The summed E-state index contributed by atoms with van der Waals surface area (Å²) in [6.45, 7) is 4.76. The number of anilines is 3. The van der Waals surface area contributed by atoms with Gasteiger partial charge in [-0.25, -0.2) is 0 Å². The highest BCUT2D eigenvalue weighted by molar-refractivity contribution is 5.91. The van der Waals surface area contributed by atoms with E-state index in [1.165, 1.54) is 72.4 Å². The maximum absolute atomic E-state index is 2.43. The van der Waals surface area contributed by atoms with Gasteiger partial charge in [0, 0.05) is 33.6 Å². The molecule has 0 aliphatic heterocycles. The van der Waals surface area contributed by atoms with Gasteiger partial charge in [0.15, 0.2) is 0 Å². The second-order valence-electron chi connectivity index (χ2n) is 15.0. The summed E-state index contributed by atoms with van der Waals surface area (Å²) < 4.78 is 2.43. The van der Waals surface area contributed by atoms with Crippen molar-refractivity contribution in [3.05, 3.63) is 217 Å². The summed E-state index contributed by atoms with van der Waals surface area (Å²) in [7, 11) is 0. The van der Waals surface area contributed by atoms with E-state index >= 15 is 0 Å². The molecule has 0 radical (unpaired) electrons.